The van der Waals surface area contributed by atoms with Crippen molar-refractivity contribution in [1.29, 1.82) is 0 Å². The summed E-state index contributed by atoms with van der Waals surface area (Å²) in [5.74, 6) is -1.60. The SMILES string of the molecule is COc1ccc(Cl)cc1N1C[C@@H](C(=O)OCC(=O)Nc2ccc(C)c(Cl)c2)CC1=O. The van der Waals surface area contributed by atoms with Gasteiger partial charge in [-0.05, 0) is 42.8 Å². The van der Waals surface area contributed by atoms with Crippen LogP contribution in [-0.2, 0) is 19.1 Å². The fourth-order valence-corrected chi connectivity index (χ4v) is 3.44. The van der Waals surface area contributed by atoms with Gasteiger partial charge in [0.05, 0.1) is 18.7 Å². The molecule has 0 bridgehead atoms. The highest BCUT2D eigenvalue weighted by Gasteiger charge is 2.37. The molecule has 3 rings (SSSR count). The number of aryl methyl sites for hydroxylation is 1. The molecule has 2 aromatic rings. The molecule has 0 saturated carbocycles. The van der Waals surface area contributed by atoms with Crippen LogP contribution < -0.4 is 15.0 Å². The minimum Gasteiger partial charge on any atom is -0.495 e. The highest BCUT2D eigenvalue weighted by atomic mass is 35.5. The summed E-state index contributed by atoms with van der Waals surface area (Å²) < 4.78 is 10.4. The second kappa shape index (κ2) is 9.36. The number of nitrogens with zero attached hydrogens (tertiary/aromatic N) is 1. The number of benzene rings is 2. The van der Waals surface area contributed by atoms with Crippen molar-refractivity contribution in [3.8, 4) is 5.75 Å². The lowest BCUT2D eigenvalue weighted by Crippen LogP contribution is -2.28. The van der Waals surface area contributed by atoms with Crippen molar-refractivity contribution in [2.75, 3.05) is 30.5 Å². The molecule has 30 heavy (non-hydrogen) atoms. The number of esters is 1. The van der Waals surface area contributed by atoms with Gasteiger partial charge in [-0.1, -0.05) is 29.3 Å². The maximum atomic E-state index is 12.4. The molecule has 1 aliphatic heterocycles. The number of nitrogens with one attached hydrogen (secondary N) is 1. The van der Waals surface area contributed by atoms with Gasteiger partial charge in [0.15, 0.2) is 6.61 Å². The summed E-state index contributed by atoms with van der Waals surface area (Å²) in [4.78, 5) is 38.3. The van der Waals surface area contributed by atoms with Crippen LogP contribution in [0.3, 0.4) is 0 Å². The molecule has 1 saturated heterocycles. The van der Waals surface area contributed by atoms with Gasteiger partial charge in [-0.2, -0.15) is 0 Å². The van der Waals surface area contributed by atoms with Crippen LogP contribution in [0.25, 0.3) is 0 Å². The summed E-state index contributed by atoms with van der Waals surface area (Å²) in [6.07, 6.45) is -0.0241. The van der Waals surface area contributed by atoms with Crippen molar-refractivity contribution >= 4 is 52.4 Å². The Morgan fingerprint density at radius 1 is 1.20 bits per heavy atom. The second-order valence-corrected chi connectivity index (χ2v) is 7.69. The van der Waals surface area contributed by atoms with Gasteiger partial charge in [-0.25, -0.2) is 0 Å². The third-order valence-corrected chi connectivity index (χ3v) is 5.33. The predicted molar refractivity (Wildman–Crippen MR) is 114 cm³/mol. The third kappa shape index (κ3) is 5.04. The fourth-order valence-electron chi connectivity index (χ4n) is 3.09. The van der Waals surface area contributed by atoms with Gasteiger partial charge in [0.2, 0.25) is 5.91 Å². The quantitative estimate of drug-likeness (QED) is 0.675. The molecule has 1 fully saturated rings. The molecule has 158 valence electrons. The topological polar surface area (TPSA) is 84.9 Å². The third-order valence-electron chi connectivity index (χ3n) is 4.69. The van der Waals surface area contributed by atoms with Crippen molar-refractivity contribution in [2.24, 2.45) is 5.92 Å². The largest absolute Gasteiger partial charge is 0.495 e. The van der Waals surface area contributed by atoms with Crippen molar-refractivity contribution < 1.29 is 23.9 Å². The normalized spacial score (nSPS) is 15.8. The zero-order valence-electron chi connectivity index (χ0n) is 16.4. The molecular formula is C21H20Cl2N2O5. The van der Waals surface area contributed by atoms with Crippen LogP contribution in [0.15, 0.2) is 36.4 Å². The first-order valence-electron chi connectivity index (χ1n) is 9.15. The Hall–Kier alpha value is -2.77. The van der Waals surface area contributed by atoms with Crippen LogP contribution in [0.1, 0.15) is 12.0 Å². The van der Waals surface area contributed by atoms with E-state index in [1.54, 1.807) is 36.4 Å². The van der Waals surface area contributed by atoms with Gasteiger partial charge in [-0.3, -0.25) is 14.4 Å². The summed E-state index contributed by atoms with van der Waals surface area (Å²) in [5.41, 5.74) is 1.87. The second-order valence-electron chi connectivity index (χ2n) is 6.84. The molecule has 1 atom stereocenters. The van der Waals surface area contributed by atoms with Crippen LogP contribution in [-0.4, -0.2) is 38.0 Å². The standard InChI is InChI=1S/C21H20Cl2N2O5/c1-12-3-5-15(9-16(12)23)24-19(26)11-30-21(28)13-7-20(27)25(10-13)17-8-14(22)4-6-18(17)29-2/h3-6,8-9,13H,7,10-11H2,1-2H3,(H,24,26)/t13-/m0/s1. The molecule has 2 amide bonds. The first-order valence-corrected chi connectivity index (χ1v) is 9.90. The molecule has 0 aromatic heterocycles. The van der Waals surface area contributed by atoms with E-state index in [0.29, 0.717) is 27.2 Å². The van der Waals surface area contributed by atoms with E-state index >= 15 is 0 Å². The smallest absolute Gasteiger partial charge is 0.311 e. The molecule has 0 radical (unpaired) electrons. The van der Waals surface area contributed by atoms with Crippen LogP contribution in [0.2, 0.25) is 10.0 Å². The Labute approximate surface area is 183 Å². The summed E-state index contributed by atoms with van der Waals surface area (Å²) in [7, 11) is 1.48. The molecule has 0 spiro atoms. The highest BCUT2D eigenvalue weighted by molar-refractivity contribution is 6.31. The summed E-state index contributed by atoms with van der Waals surface area (Å²) in [6.45, 7) is 1.50. The molecule has 0 unspecified atom stereocenters. The molecule has 7 nitrogen and oxygen atoms in total. The number of anilines is 2. The Morgan fingerprint density at radius 2 is 1.97 bits per heavy atom. The number of methoxy groups -OCH3 is 1. The zero-order chi connectivity index (χ0) is 21.8. The first-order chi connectivity index (χ1) is 14.3. The number of ether oxygens (including phenoxy) is 2. The van der Waals surface area contributed by atoms with Crippen LogP contribution >= 0.6 is 23.2 Å². The van der Waals surface area contributed by atoms with Gasteiger partial charge >= 0.3 is 5.97 Å². The van der Waals surface area contributed by atoms with E-state index in [4.69, 9.17) is 32.7 Å². The number of halogens is 2. The predicted octanol–water partition coefficient (Wildman–Crippen LogP) is 3.85. The lowest BCUT2D eigenvalue weighted by atomic mass is 10.1. The maximum absolute atomic E-state index is 12.4. The Morgan fingerprint density at radius 3 is 2.67 bits per heavy atom. The van der Waals surface area contributed by atoms with Crippen molar-refractivity contribution in [1.82, 2.24) is 0 Å². The molecular weight excluding hydrogens is 431 g/mol. The van der Waals surface area contributed by atoms with Crippen molar-refractivity contribution in [3.63, 3.8) is 0 Å². The highest BCUT2D eigenvalue weighted by Crippen LogP contribution is 2.35. The van der Waals surface area contributed by atoms with E-state index in [9.17, 15) is 14.4 Å². The molecule has 1 aliphatic rings. The molecule has 2 aromatic carbocycles. The number of carbonyl (C=O) groups is 3. The fraction of sp³-hybridized carbons (Fsp3) is 0.286. The first kappa shape index (κ1) is 21.9. The summed E-state index contributed by atoms with van der Waals surface area (Å²) in [6, 6.07) is 9.99. The number of hydrogen-bond acceptors (Lipinski definition) is 5. The average Bonchev–Trinajstić information content (AvgIpc) is 3.10. The Kier molecular flexibility index (Phi) is 6.84. The van der Waals surface area contributed by atoms with Gasteiger partial charge in [-0.15, -0.1) is 0 Å². The number of hydrogen-bond donors (Lipinski definition) is 1. The molecule has 9 heteroatoms. The monoisotopic (exact) mass is 450 g/mol. The van der Waals surface area contributed by atoms with E-state index in [2.05, 4.69) is 5.32 Å². The Bertz CT molecular complexity index is 995. The van der Waals surface area contributed by atoms with E-state index in [1.807, 2.05) is 6.92 Å². The minimum absolute atomic E-state index is 0.0241. The van der Waals surface area contributed by atoms with Crippen LogP contribution in [0.4, 0.5) is 11.4 Å². The molecule has 1 heterocycles. The Balaban J connectivity index is 1.57. The van der Waals surface area contributed by atoms with Crippen LogP contribution in [0, 0.1) is 12.8 Å². The lowest BCUT2D eigenvalue weighted by molar-refractivity contribution is -0.151. The zero-order valence-corrected chi connectivity index (χ0v) is 17.9. The van der Waals surface area contributed by atoms with Crippen molar-refractivity contribution in [3.05, 3.63) is 52.0 Å². The van der Waals surface area contributed by atoms with Gasteiger partial charge < -0.3 is 19.7 Å². The minimum atomic E-state index is -0.692. The van der Waals surface area contributed by atoms with Gasteiger partial charge in [0, 0.05) is 28.7 Å². The summed E-state index contributed by atoms with van der Waals surface area (Å²) >= 11 is 12.1. The number of rotatable bonds is 6. The van der Waals surface area contributed by atoms with E-state index in [-0.39, 0.29) is 18.9 Å². The van der Waals surface area contributed by atoms with E-state index < -0.39 is 24.4 Å². The molecule has 1 N–H and O–H groups in total. The molecule has 0 aliphatic carbocycles. The average molecular weight is 451 g/mol. The van der Waals surface area contributed by atoms with Gasteiger partial charge in [0.25, 0.3) is 5.91 Å². The number of amides is 2. The van der Waals surface area contributed by atoms with Gasteiger partial charge in [0.1, 0.15) is 5.75 Å². The number of carbonyl (C=O) groups excluding carboxylic acids is 3. The van der Waals surface area contributed by atoms with Crippen LogP contribution in [0.5, 0.6) is 5.75 Å². The van der Waals surface area contributed by atoms with E-state index in [0.717, 1.165) is 5.56 Å². The van der Waals surface area contributed by atoms with E-state index in [1.165, 1.54) is 12.0 Å². The summed E-state index contributed by atoms with van der Waals surface area (Å²) in [5, 5.41) is 3.57. The van der Waals surface area contributed by atoms with Crippen molar-refractivity contribution in [2.45, 2.75) is 13.3 Å². The maximum Gasteiger partial charge on any atom is 0.311 e. The lowest BCUT2D eigenvalue weighted by Gasteiger charge is -2.19.